The van der Waals surface area contributed by atoms with Gasteiger partial charge >= 0.3 is 0 Å². The van der Waals surface area contributed by atoms with E-state index in [1.54, 1.807) is 19.1 Å². The Balaban J connectivity index is 2.16. The van der Waals surface area contributed by atoms with Crippen molar-refractivity contribution in [3.63, 3.8) is 0 Å². The lowest BCUT2D eigenvalue weighted by atomic mass is 10.1. The molecule has 1 heterocycles. The van der Waals surface area contributed by atoms with Crippen LogP contribution >= 0.6 is 0 Å². The Morgan fingerprint density at radius 3 is 3.00 bits per heavy atom. The third-order valence-electron chi connectivity index (χ3n) is 2.62. The molecule has 98 valence electrons. The molecule has 1 aromatic carbocycles. The third kappa shape index (κ3) is 3.14. The van der Waals surface area contributed by atoms with Crippen molar-refractivity contribution in [1.29, 1.82) is 5.26 Å². The third-order valence-corrected chi connectivity index (χ3v) is 2.62. The largest absolute Gasteiger partial charge is 0.392 e. The molecule has 2 rings (SSSR count). The maximum absolute atomic E-state index is 13.1. The van der Waals surface area contributed by atoms with Gasteiger partial charge in [-0.1, -0.05) is 5.16 Å². The fourth-order valence-corrected chi connectivity index (χ4v) is 1.62. The van der Waals surface area contributed by atoms with Gasteiger partial charge in [0.05, 0.1) is 25.0 Å². The zero-order valence-electron chi connectivity index (χ0n) is 10.3. The molecule has 0 fully saturated rings. The summed E-state index contributed by atoms with van der Waals surface area (Å²) in [4.78, 5) is 4.10. The standard InChI is InChI=1S/C13H12FN3O2/c1-8-6-9(2-3-11(8)14)13-16-12(19-17-13)7-10(18)4-5-15/h2-3,6,10,18H,4,7H2,1H3. The highest BCUT2D eigenvalue weighted by Gasteiger charge is 2.13. The average molecular weight is 261 g/mol. The SMILES string of the molecule is Cc1cc(-c2noc(CC(O)CC#N)n2)ccc1F. The average Bonchev–Trinajstić information content (AvgIpc) is 2.81. The summed E-state index contributed by atoms with van der Waals surface area (Å²) in [5.41, 5.74) is 1.14. The maximum atomic E-state index is 13.1. The summed E-state index contributed by atoms with van der Waals surface area (Å²) in [6.07, 6.45) is -0.693. The van der Waals surface area contributed by atoms with Crippen LogP contribution in [0.4, 0.5) is 4.39 Å². The molecule has 0 spiro atoms. The highest BCUT2D eigenvalue weighted by atomic mass is 19.1. The van der Waals surface area contributed by atoms with Crippen LogP contribution in [0.2, 0.25) is 0 Å². The van der Waals surface area contributed by atoms with E-state index in [4.69, 9.17) is 9.78 Å². The number of halogens is 1. The summed E-state index contributed by atoms with van der Waals surface area (Å²) in [7, 11) is 0. The number of aromatic nitrogens is 2. The van der Waals surface area contributed by atoms with E-state index in [0.717, 1.165) is 0 Å². The molecule has 0 aliphatic rings. The van der Waals surface area contributed by atoms with E-state index in [-0.39, 0.29) is 24.5 Å². The molecule has 1 N–H and O–H groups in total. The van der Waals surface area contributed by atoms with Gasteiger partial charge in [0.2, 0.25) is 11.7 Å². The lowest BCUT2D eigenvalue weighted by molar-refractivity contribution is 0.167. The second-order valence-corrected chi connectivity index (χ2v) is 4.20. The molecule has 0 saturated carbocycles. The Morgan fingerprint density at radius 2 is 2.32 bits per heavy atom. The second-order valence-electron chi connectivity index (χ2n) is 4.20. The number of benzene rings is 1. The normalized spacial score (nSPS) is 12.1. The summed E-state index contributed by atoms with van der Waals surface area (Å²) >= 11 is 0. The highest BCUT2D eigenvalue weighted by molar-refractivity contribution is 5.55. The van der Waals surface area contributed by atoms with Gasteiger partial charge in [0, 0.05) is 5.56 Å². The highest BCUT2D eigenvalue weighted by Crippen LogP contribution is 2.19. The Labute approximate surface area is 109 Å². The quantitative estimate of drug-likeness (QED) is 0.910. The van der Waals surface area contributed by atoms with Gasteiger partial charge in [-0.05, 0) is 30.7 Å². The number of aryl methyl sites for hydroxylation is 1. The number of aliphatic hydroxyl groups excluding tert-OH is 1. The topological polar surface area (TPSA) is 82.9 Å². The summed E-state index contributed by atoms with van der Waals surface area (Å²) in [6, 6.07) is 6.38. The van der Waals surface area contributed by atoms with E-state index in [9.17, 15) is 9.50 Å². The van der Waals surface area contributed by atoms with E-state index < -0.39 is 6.10 Å². The second kappa shape index (κ2) is 5.59. The van der Waals surface area contributed by atoms with E-state index in [1.165, 1.54) is 6.07 Å². The van der Waals surface area contributed by atoms with Gasteiger partial charge in [-0.2, -0.15) is 10.2 Å². The van der Waals surface area contributed by atoms with Crippen LogP contribution in [0, 0.1) is 24.1 Å². The summed E-state index contributed by atoms with van der Waals surface area (Å²) in [6.45, 7) is 1.65. The number of nitriles is 1. The molecule has 0 amide bonds. The van der Waals surface area contributed by atoms with Gasteiger partial charge in [0.25, 0.3) is 0 Å². The first kappa shape index (κ1) is 13.2. The molecule has 0 radical (unpaired) electrons. The van der Waals surface area contributed by atoms with Gasteiger partial charge in [-0.3, -0.25) is 0 Å². The van der Waals surface area contributed by atoms with E-state index >= 15 is 0 Å². The molecule has 19 heavy (non-hydrogen) atoms. The van der Waals surface area contributed by atoms with Crippen molar-refractivity contribution in [2.24, 2.45) is 0 Å². The smallest absolute Gasteiger partial charge is 0.229 e. The molecule has 0 aliphatic carbocycles. The zero-order valence-corrected chi connectivity index (χ0v) is 10.3. The van der Waals surface area contributed by atoms with Crippen LogP contribution in [0.1, 0.15) is 17.9 Å². The lowest BCUT2D eigenvalue weighted by Gasteiger charge is -2.00. The molecule has 1 atom stereocenters. The summed E-state index contributed by atoms with van der Waals surface area (Å²) < 4.78 is 18.1. The van der Waals surface area contributed by atoms with Crippen LogP contribution in [0.3, 0.4) is 0 Å². The van der Waals surface area contributed by atoms with E-state index in [0.29, 0.717) is 17.0 Å². The fourth-order valence-electron chi connectivity index (χ4n) is 1.62. The van der Waals surface area contributed by atoms with Gasteiger partial charge in [0.1, 0.15) is 5.82 Å². The Bertz CT molecular complexity index is 619. The van der Waals surface area contributed by atoms with Crippen molar-refractivity contribution < 1.29 is 14.0 Å². The summed E-state index contributed by atoms with van der Waals surface area (Å²) in [5.74, 6) is 0.291. The van der Waals surface area contributed by atoms with Crippen molar-refractivity contribution in [2.75, 3.05) is 0 Å². The van der Waals surface area contributed by atoms with Gasteiger partial charge < -0.3 is 9.63 Å². The molecule has 1 unspecified atom stereocenters. The predicted octanol–water partition coefficient (Wildman–Crippen LogP) is 2.00. The molecule has 1 aromatic heterocycles. The molecule has 0 saturated heterocycles. The maximum Gasteiger partial charge on any atom is 0.229 e. The first-order valence-electron chi connectivity index (χ1n) is 5.74. The number of hydrogen-bond acceptors (Lipinski definition) is 5. The van der Waals surface area contributed by atoms with Gasteiger partial charge in [-0.15, -0.1) is 0 Å². The van der Waals surface area contributed by atoms with Crippen molar-refractivity contribution in [3.05, 3.63) is 35.5 Å². The van der Waals surface area contributed by atoms with E-state index in [2.05, 4.69) is 10.1 Å². The number of hydrogen-bond donors (Lipinski definition) is 1. The first-order valence-corrected chi connectivity index (χ1v) is 5.74. The van der Waals surface area contributed by atoms with Crippen LogP contribution in [-0.2, 0) is 6.42 Å². The predicted molar refractivity (Wildman–Crippen MR) is 64.4 cm³/mol. The minimum atomic E-state index is -0.826. The molecular weight excluding hydrogens is 249 g/mol. The van der Waals surface area contributed by atoms with Gasteiger partial charge in [-0.25, -0.2) is 4.39 Å². The minimum Gasteiger partial charge on any atom is -0.392 e. The van der Waals surface area contributed by atoms with Crippen molar-refractivity contribution in [1.82, 2.24) is 10.1 Å². The van der Waals surface area contributed by atoms with Crippen LogP contribution in [0.5, 0.6) is 0 Å². The molecule has 6 heteroatoms. The van der Waals surface area contributed by atoms with E-state index in [1.807, 2.05) is 6.07 Å². The summed E-state index contributed by atoms with van der Waals surface area (Å²) in [5, 5.41) is 21.7. The van der Waals surface area contributed by atoms with Gasteiger partial charge in [0.15, 0.2) is 0 Å². The zero-order chi connectivity index (χ0) is 13.8. The van der Waals surface area contributed by atoms with Crippen molar-refractivity contribution in [2.45, 2.75) is 25.9 Å². The minimum absolute atomic E-state index is 0.00731. The van der Waals surface area contributed by atoms with Crippen LogP contribution in [0.25, 0.3) is 11.4 Å². The number of nitrogens with zero attached hydrogens (tertiary/aromatic N) is 3. The Morgan fingerprint density at radius 1 is 1.53 bits per heavy atom. The molecular formula is C13H12FN3O2. The van der Waals surface area contributed by atoms with Crippen molar-refractivity contribution >= 4 is 0 Å². The van der Waals surface area contributed by atoms with Crippen LogP contribution in [0.15, 0.2) is 22.7 Å². The molecule has 0 bridgehead atoms. The molecule has 0 aliphatic heterocycles. The Hall–Kier alpha value is -2.26. The monoisotopic (exact) mass is 261 g/mol. The number of aliphatic hydroxyl groups is 1. The van der Waals surface area contributed by atoms with Crippen LogP contribution in [-0.4, -0.2) is 21.4 Å². The van der Waals surface area contributed by atoms with Crippen molar-refractivity contribution in [3.8, 4) is 17.5 Å². The fraction of sp³-hybridized carbons (Fsp3) is 0.308. The number of rotatable bonds is 4. The lowest BCUT2D eigenvalue weighted by Crippen LogP contribution is -2.09. The Kier molecular flexibility index (Phi) is 3.88. The molecule has 5 nitrogen and oxygen atoms in total. The van der Waals surface area contributed by atoms with Crippen LogP contribution < -0.4 is 0 Å². The molecule has 2 aromatic rings. The first-order chi connectivity index (χ1) is 9.10.